The summed E-state index contributed by atoms with van der Waals surface area (Å²) in [7, 11) is 1.54. The molecule has 1 rings (SSSR count). The second kappa shape index (κ2) is 6.20. The maximum atomic E-state index is 13.3. The highest BCUT2D eigenvalue weighted by atomic mass is 19.1. The van der Waals surface area contributed by atoms with E-state index in [2.05, 4.69) is 0 Å². The van der Waals surface area contributed by atoms with E-state index in [0.717, 1.165) is 18.2 Å². The fraction of sp³-hybridized carbons (Fsp3) is 0.333. The quantitative estimate of drug-likeness (QED) is 0.786. The molecule has 1 aromatic rings. The molecule has 1 N–H and O–H groups in total. The number of rotatable bonds is 6. The van der Waals surface area contributed by atoms with E-state index in [4.69, 9.17) is 5.11 Å². The summed E-state index contributed by atoms with van der Waals surface area (Å²) < 4.78 is 26.2. The minimum Gasteiger partial charge on any atom is -0.481 e. The number of aliphatic carboxylic acids is 1. The molecular formula is C12H13F2NO3. The summed E-state index contributed by atoms with van der Waals surface area (Å²) >= 11 is 0. The van der Waals surface area contributed by atoms with Gasteiger partial charge in [-0.05, 0) is 25.2 Å². The van der Waals surface area contributed by atoms with Gasteiger partial charge in [0.1, 0.15) is 11.6 Å². The molecule has 6 heteroatoms. The van der Waals surface area contributed by atoms with Gasteiger partial charge in [0.05, 0.1) is 18.5 Å². The number of halogens is 2. The first kappa shape index (κ1) is 14.2. The molecule has 0 bridgehead atoms. The van der Waals surface area contributed by atoms with Crippen molar-refractivity contribution in [3.63, 3.8) is 0 Å². The van der Waals surface area contributed by atoms with E-state index >= 15 is 0 Å². The molecule has 0 aliphatic carbocycles. The number of carboxylic acid groups (broad SMARTS) is 1. The third kappa shape index (κ3) is 4.21. The Morgan fingerprint density at radius 3 is 2.61 bits per heavy atom. The molecule has 0 aliphatic heterocycles. The minimum absolute atomic E-state index is 0.116. The molecule has 0 saturated heterocycles. The standard InChI is InChI=1S/C12H13F2NO3/c1-15(5-4-12(17)18)7-11(16)9-6-8(13)2-3-10(9)14/h2-3,6H,4-5,7H2,1H3,(H,17,18). The van der Waals surface area contributed by atoms with Crippen molar-refractivity contribution in [2.75, 3.05) is 20.1 Å². The summed E-state index contributed by atoms with van der Waals surface area (Å²) in [5.74, 6) is -3.04. The fourth-order valence-corrected chi connectivity index (χ4v) is 1.41. The Morgan fingerprint density at radius 1 is 1.33 bits per heavy atom. The summed E-state index contributed by atoms with van der Waals surface area (Å²) in [6.45, 7) is 0.00562. The average Bonchev–Trinajstić information content (AvgIpc) is 2.29. The first-order valence-electron chi connectivity index (χ1n) is 5.28. The highest BCUT2D eigenvalue weighted by Gasteiger charge is 2.15. The van der Waals surface area contributed by atoms with Crippen LogP contribution >= 0.6 is 0 Å². The SMILES string of the molecule is CN(CCC(=O)O)CC(=O)c1cc(F)ccc1F. The molecule has 18 heavy (non-hydrogen) atoms. The number of hydrogen-bond acceptors (Lipinski definition) is 3. The zero-order valence-electron chi connectivity index (χ0n) is 9.82. The third-order valence-corrected chi connectivity index (χ3v) is 2.35. The van der Waals surface area contributed by atoms with Crippen LogP contribution in [0, 0.1) is 11.6 Å². The second-order valence-electron chi connectivity index (χ2n) is 3.93. The number of Topliss-reactive ketones (excluding diaryl/α,β-unsaturated/α-hetero) is 1. The van der Waals surface area contributed by atoms with Crippen LogP contribution in [0.25, 0.3) is 0 Å². The van der Waals surface area contributed by atoms with Gasteiger partial charge in [-0.1, -0.05) is 0 Å². The number of ketones is 1. The van der Waals surface area contributed by atoms with Crippen molar-refractivity contribution in [2.45, 2.75) is 6.42 Å². The van der Waals surface area contributed by atoms with Gasteiger partial charge in [0.15, 0.2) is 5.78 Å². The average molecular weight is 257 g/mol. The molecular weight excluding hydrogens is 244 g/mol. The van der Waals surface area contributed by atoms with Gasteiger partial charge in [-0.15, -0.1) is 0 Å². The van der Waals surface area contributed by atoms with E-state index < -0.39 is 23.4 Å². The van der Waals surface area contributed by atoms with E-state index in [9.17, 15) is 18.4 Å². The van der Waals surface area contributed by atoms with Gasteiger partial charge in [-0.25, -0.2) is 8.78 Å². The van der Waals surface area contributed by atoms with Crippen molar-refractivity contribution in [3.05, 3.63) is 35.4 Å². The predicted octanol–water partition coefficient (Wildman–Crippen LogP) is 1.55. The first-order valence-corrected chi connectivity index (χ1v) is 5.28. The Labute approximate surface area is 103 Å². The lowest BCUT2D eigenvalue weighted by Crippen LogP contribution is -2.28. The molecule has 0 aromatic heterocycles. The monoisotopic (exact) mass is 257 g/mol. The van der Waals surface area contributed by atoms with E-state index in [1.54, 1.807) is 0 Å². The van der Waals surface area contributed by atoms with Crippen molar-refractivity contribution in [1.82, 2.24) is 4.90 Å². The molecule has 0 fully saturated rings. The van der Waals surface area contributed by atoms with Crippen LogP contribution < -0.4 is 0 Å². The van der Waals surface area contributed by atoms with Crippen LogP contribution in [-0.4, -0.2) is 41.9 Å². The van der Waals surface area contributed by atoms with E-state index in [1.165, 1.54) is 11.9 Å². The number of likely N-dealkylation sites (N-methyl/N-ethyl adjacent to an activating group) is 1. The Kier molecular flexibility index (Phi) is 4.91. The molecule has 0 heterocycles. The highest BCUT2D eigenvalue weighted by Crippen LogP contribution is 2.10. The first-order chi connectivity index (χ1) is 8.40. The summed E-state index contributed by atoms with van der Waals surface area (Å²) in [5, 5.41) is 8.47. The van der Waals surface area contributed by atoms with E-state index in [-0.39, 0.29) is 25.1 Å². The van der Waals surface area contributed by atoms with Crippen LogP contribution in [0.2, 0.25) is 0 Å². The van der Waals surface area contributed by atoms with Gasteiger partial charge in [0, 0.05) is 6.54 Å². The van der Waals surface area contributed by atoms with Crippen LogP contribution in [0.15, 0.2) is 18.2 Å². The maximum Gasteiger partial charge on any atom is 0.304 e. The number of hydrogen-bond donors (Lipinski definition) is 1. The molecule has 0 aliphatic rings. The lowest BCUT2D eigenvalue weighted by atomic mass is 10.1. The minimum atomic E-state index is -0.980. The number of benzene rings is 1. The highest BCUT2D eigenvalue weighted by molar-refractivity contribution is 5.97. The molecule has 0 radical (unpaired) electrons. The largest absolute Gasteiger partial charge is 0.481 e. The van der Waals surface area contributed by atoms with Gasteiger partial charge in [0.2, 0.25) is 0 Å². The summed E-state index contributed by atoms with van der Waals surface area (Å²) in [6.07, 6.45) is -0.116. The van der Waals surface area contributed by atoms with Gasteiger partial charge >= 0.3 is 5.97 Å². The zero-order chi connectivity index (χ0) is 13.7. The van der Waals surface area contributed by atoms with Crippen molar-refractivity contribution < 1.29 is 23.5 Å². The smallest absolute Gasteiger partial charge is 0.304 e. The van der Waals surface area contributed by atoms with E-state index in [0.29, 0.717) is 0 Å². The van der Waals surface area contributed by atoms with Crippen molar-refractivity contribution in [1.29, 1.82) is 0 Å². The molecule has 0 unspecified atom stereocenters. The molecule has 4 nitrogen and oxygen atoms in total. The topological polar surface area (TPSA) is 57.6 Å². The van der Waals surface area contributed by atoms with Crippen LogP contribution in [0.1, 0.15) is 16.8 Å². The van der Waals surface area contributed by atoms with Gasteiger partial charge in [0.25, 0.3) is 0 Å². The Bertz CT molecular complexity index is 463. The van der Waals surface area contributed by atoms with Gasteiger partial charge in [-0.3, -0.25) is 14.5 Å². The normalized spacial score (nSPS) is 10.7. The molecule has 0 atom stereocenters. The Morgan fingerprint density at radius 2 is 2.00 bits per heavy atom. The molecule has 1 aromatic carbocycles. The number of carbonyl (C=O) groups is 2. The Hall–Kier alpha value is -1.82. The van der Waals surface area contributed by atoms with E-state index in [1.807, 2.05) is 0 Å². The van der Waals surface area contributed by atoms with Crippen molar-refractivity contribution in [3.8, 4) is 0 Å². The van der Waals surface area contributed by atoms with Crippen LogP contribution in [0.3, 0.4) is 0 Å². The predicted molar refractivity (Wildman–Crippen MR) is 60.4 cm³/mol. The number of nitrogens with zero attached hydrogens (tertiary/aromatic N) is 1. The third-order valence-electron chi connectivity index (χ3n) is 2.35. The van der Waals surface area contributed by atoms with Crippen LogP contribution in [0.4, 0.5) is 8.78 Å². The molecule has 0 spiro atoms. The molecule has 98 valence electrons. The lowest BCUT2D eigenvalue weighted by Gasteiger charge is -2.14. The molecule has 0 saturated carbocycles. The van der Waals surface area contributed by atoms with Crippen molar-refractivity contribution in [2.24, 2.45) is 0 Å². The number of carbonyl (C=O) groups excluding carboxylic acids is 1. The summed E-state index contributed by atoms with van der Waals surface area (Å²) in [4.78, 5) is 23.5. The Balaban J connectivity index is 2.64. The van der Waals surface area contributed by atoms with Crippen LogP contribution in [-0.2, 0) is 4.79 Å². The number of carboxylic acids is 1. The zero-order valence-corrected chi connectivity index (χ0v) is 9.82. The molecule has 0 amide bonds. The van der Waals surface area contributed by atoms with Crippen molar-refractivity contribution >= 4 is 11.8 Å². The summed E-state index contributed by atoms with van der Waals surface area (Å²) in [5.41, 5.74) is -0.322. The lowest BCUT2D eigenvalue weighted by molar-refractivity contribution is -0.137. The van der Waals surface area contributed by atoms with Gasteiger partial charge in [-0.2, -0.15) is 0 Å². The summed E-state index contributed by atoms with van der Waals surface area (Å²) in [6, 6.07) is 2.66. The maximum absolute atomic E-state index is 13.3. The second-order valence-corrected chi connectivity index (χ2v) is 3.93. The van der Waals surface area contributed by atoms with Gasteiger partial charge < -0.3 is 5.11 Å². The van der Waals surface area contributed by atoms with Crippen LogP contribution in [0.5, 0.6) is 0 Å². The fourth-order valence-electron chi connectivity index (χ4n) is 1.41.